The van der Waals surface area contributed by atoms with E-state index in [-0.39, 0.29) is 0 Å². The molecule has 1 rings (SSSR count). The van der Waals surface area contributed by atoms with E-state index in [1.54, 1.807) is 0 Å². The van der Waals surface area contributed by atoms with Crippen molar-refractivity contribution in [2.45, 2.75) is 25.9 Å². The summed E-state index contributed by atoms with van der Waals surface area (Å²) < 4.78 is 7.32. The number of thiol groups is 1. The maximum Gasteiger partial charge on any atom is 0.0629 e. The van der Waals surface area contributed by atoms with Gasteiger partial charge in [-0.25, -0.2) is 4.31 Å². The van der Waals surface area contributed by atoms with E-state index in [2.05, 4.69) is 26.7 Å². The molecular weight excluding hydrogens is 134 g/mol. The largest absolute Gasteiger partial charge is 0.378 e. The number of hydrogen-bond acceptors (Lipinski definition) is 3. The van der Waals surface area contributed by atoms with Gasteiger partial charge in [-0.3, -0.25) is 0 Å². The van der Waals surface area contributed by atoms with Crippen molar-refractivity contribution in [2.75, 3.05) is 13.2 Å². The Kier molecular flexibility index (Phi) is 2.38. The number of hydrogen-bond donors (Lipinski definition) is 1. The summed E-state index contributed by atoms with van der Waals surface area (Å²) >= 11 is 4.30. The Bertz CT molecular complexity index is 89.1. The van der Waals surface area contributed by atoms with Crippen LogP contribution in [0.1, 0.15) is 13.8 Å². The molecule has 2 unspecified atom stereocenters. The molecule has 0 N–H and O–H groups in total. The smallest absolute Gasteiger partial charge is 0.0629 e. The van der Waals surface area contributed by atoms with E-state index in [0.717, 1.165) is 13.2 Å². The first-order valence-electron chi connectivity index (χ1n) is 3.26. The molecule has 0 bridgehead atoms. The van der Waals surface area contributed by atoms with Crippen molar-refractivity contribution in [1.29, 1.82) is 0 Å². The summed E-state index contributed by atoms with van der Waals surface area (Å²) in [6.45, 7) is 5.85. The monoisotopic (exact) mass is 147 g/mol. The zero-order valence-electron chi connectivity index (χ0n) is 5.87. The van der Waals surface area contributed by atoms with Gasteiger partial charge < -0.3 is 4.74 Å². The minimum absolute atomic E-state index is 0.456. The van der Waals surface area contributed by atoms with Crippen LogP contribution in [0.25, 0.3) is 0 Å². The van der Waals surface area contributed by atoms with Gasteiger partial charge >= 0.3 is 0 Å². The summed E-state index contributed by atoms with van der Waals surface area (Å²) in [6.07, 6.45) is 0. The molecule has 0 radical (unpaired) electrons. The third-order valence-corrected chi connectivity index (χ3v) is 2.41. The quantitative estimate of drug-likeness (QED) is 0.512. The standard InChI is InChI=1S/C6H13NOS/c1-5-3-8-4-6(2)7(5)9/h5-6,9H,3-4H2,1-2H3. The second kappa shape index (κ2) is 2.90. The van der Waals surface area contributed by atoms with E-state index in [4.69, 9.17) is 4.74 Å². The van der Waals surface area contributed by atoms with Crippen molar-refractivity contribution in [2.24, 2.45) is 0 Å². The van der Waals surface area contributed by atoms with E-state index in [1.807, 2.05) is 4.31 Å². The van der Waals surface area contributed by atoms with Gasteiger partial charge in [-0.2, -0.15) is 0 Å². The third kappa shape index (κ3) is 1.60. The fourth-order valence-corrected chi connectivity index (χ4v) is 1.13. The van der Waals surface area contributed by atoms with Crippen LogP contribution in [0.5, 0.6) is 0 Å². The summed E-state index contributed by atoms with van der Waals surface area (Å²) in [5.74, 6) is 0. The molecule has 1 heterocycles. The van der Waals surface area contributed by atoms with Gasteiger partial charge in [0.2, 0.25) is 0 Å². The van der Waals surface area contributed by atoms with Crippen LogP contribution in [-0.4, -0.2) is 29.6 Å². The van der Waals surface area contributed by atoms with Crippen LogP contribution in [0.15, 0.2) is 0 Å². The molecule has 0 saturated carbocycles. The van der Waals surface area contributed by atoms with Gasteiger partial charge in [0.05, 0.1) is 13.2 Å². The molecule has 2 nitrogen and oxygen atoms in total. The Balaban J connectivity index is 2.41. The molecule has 0 spiro atoms. The molecule has 3 heteroatoms. The van der Waals surface area contributed by atoms with E-state index in [9.17, 15) is 0 Å². The van der Waals surface area contributed by atoms with Crippen LogP contribution in [-0.2, 0) is 4.74 Å². The highest BCUT2D eigenvalue weighted by molar-refractivity contribution is 7.77. The number of ether oxygens (including phenoxy) is 1. The maximum atomic E-state index is 5.27. The lowest BCUT2D eigenvalue weighted by Gasteiger charge is -2.33. The van der Waals surface area contributed by atoms with Crippen molar-refractivity contribution in [3.05, 3.63) is 0 Å². The maximum absolute atomic E-state index is 5.27. The Hall–Kier alpha value is 0.270. The van der Waals surface area contributed by atoms with Gasteiger partial charge in [-0.15, -0.1) is 0 Å². The van der Waals surface area contributed by atoms with Crippen molar-refractivity contribution in [3.8, 4) is 0 Å². The van der Waals surface area contributed by atoms with Gasteiger partial charge in [0.1, 0.15) is 0 Å². The molecule has 0 aromatic rings. The second-order valence-corrected chi connectivity index (χ2v) is 3.08. The van der Waals surface area contributed by atoms with Crippen molar-refractivity contribution >= 4 is 12.8 Å². The highest BCUT2D eigenvalue weighted by Gasteiger charge is 2.21. The number of morpholine rings is 1. The molecule has 0 aromatic heterocycles. The molecule has 54 valence electrons. The molecule has 9 heavy (non-hydrogen) atoms. The van der Waals surface area contributed by atoms with Crippen LogP contribution in [0.2, 0.25) is 0 Å². The van der Waals surface area contributed by atoms with Crippen LogP contribution >= 0.6 is 12.8 Å². The number of nitrogens with zero attached hydrogens (tertiary/aromatic N) is 1. The van der Waals surface area contributed by atoms with E-state index < -0.39 is 0 Å². The normalized spacial score (nSPS) is 39.0. The summed E-state index contributed by atoms with van der Waals surface area (Å²) in [7, 11) is 0. The van der Waals surface area contributed by atoms with Crippen molar-refractivity contribution in [3.63, 3.8) is 0 Å². The first-order chi connectivity index (χ1) is 4.22. The minimum Gasteiger partial charge on any atom is -0.378 e. The fourth-order valence-electron chi connectivity index (χ4n) is 0.996. The average Bonchev–Trinajstić information content (AvgIpc) is 1.83. The van der Waals surface area contributed by atoms with E-state index in [0.29, 0.717) is 12.1 Å². The van der Waals surface area contributed by atoms with Crippen LogP contribution in [0.4, 0.5) is 0 Å². The van der Waals surface area contributed by atoms with Gasteiger partial charge in [0, 0.05) is 12.1 Å². The first kappa shape index (κ1) is 7.38. The molecular formula is C6H13NOS. The summed E-state index contributed by atoms with van der Waals surface area (Å²) in [5.41, 5.74) is 0. The second-order valence-electron chi connectivity index (χ2n) is 2.62. The van der Waals surface area contributed by atoms with E-state index >= 15 is 0 Å². The van der Waals surface area contributed by atoms with Gasteiger partial charge in [0.15, 0.2) is 0 Å². The molecule has 1 fully saturated rings. The molecule has 0 aliphatic carbocycles. The Morgan fingerprint density at radius 1 is 1.33 bits per heavy atom. The lowest BCUT2D eigenvalue weighted by atomic mass is 10.2. The predicted octanol–water partition coefficient (Wildman–Crippen LogP) is 0.940. The van der Waals surface area contributed by atoms with Crippen LogP contribution < -0.4 is 0 Å². The molecule has 0 amide bonds. The van der Waals surface area contributed by atoms with Crippen LogP contribution in [0.3, 0.4) is 0 Å². The Labute approximate surface area is 61.7 Å². The Morgan fingerprint density at radius 3 is 2.11 bits per heavy atom. The van der Waals surface area contributed by atoms with Gasteiger partial charge in [-0.1, -0.05) is 12.8 Å². The molecule has 1 aliphatic heterocycles. The SMILES string of the molecule is CC1COCC(C)N1S. The fraction of sp³-hybridized carbons (Fsp3) is 1.00. The third-order valence-electron chi connectivity index (χ3n) is 1.62. The van der Waals surface area contributed by atoms with E-state index in [1.165, 1.54) is 0 Å². The lowest BCUT2D eigenvalue weighted by Crippen LogP contribution is -2.43. The average molecular weight is 147 g/mol. The zero-order valence-corrected chi connectivity index (χ0v) is 6.77. The summed E-state index contributed by atoms with van der Waals surface area (Å²) in [5, 5.41) is 0. The highest BCUT2D eigenvalue weighted by Crippen LogP contribution is 2.13. The first-order valence-corrected chi connectivity index (χ1v) is 3.66. The lowest BCUT2D eigenvalue weighted by molar-refractivity contribution is 0.0125. The predicted molar refractivity (Wildman–Crippen MR) is 40.6 cm³/mol. The Morgan fingerprint density at radius 2 is 1.78 bits per heavy atom. The molecule has 0 aromatic carbocycles. The van der Waals surface area contributed by atoms with Crippen LogP contribution in [0, 0.1) is 0 Å². The molecule has 1 aliphatic rings. The van der Waals surface area contributed by atoms with Crippen molar-refractivity contribution < 1.29 is 4.74 Å². The minimum atomic E-state index is 0.456. The summed E-state index contributed by atoms with van der Waals surface area (Å²) in [4.78, 5) is 0. The van der Waals surface area contributed by atoms with Gasteiger partial charge in [-0.05, 0) is 13.8 Å². The highest BCUT2D eigenvalue weighted by atomic mass is 32.1. The summed E-state index contributed by atoms with van der Waals surface area (Å²) in [6, 6.07) is 0.911. The number of rotatable bonds is 0. The zero-order chi connectivity index (χ0) is 6.85. The molecule has 2 atom stereocenters. The van der Waals surface area contributed by atoms with Gasteiger partial charge in [0.25, 0.3) is 0 Å². The topological polar surface area (TPSA) is 12.5 Å². The van der Waals surface area contributed by atoms with Crippen molar-refractivity contribution in [1.82, 2.24) is 4.31 Å². The molecule has 1 saturated heterocycles.